The topological polar surface area (TPSA) is 73.2 Å². The predicted molar refractivity (Wildman–Crippen MR) is 116 cm³/mol. The van der Waals surface area contributed by atoms with Gasteiger partial charge in [-0.05, 0) is 24.1 Å². The summed E-state index contributed by atoms with van der Waals surface area (Å²) in [5.74, 6) is -1.33. The fourth-order valence-electron chi connectivity index (χ4n) is 3.49. The molecule has 2 atom stereocenters. The Hall–Kier alpha value is -3.15. The van der Waals surface area contributed by atoms with E-state index in [1.165, 1.54) is 4.90 Å². The van der Waals surface area contributed by atoms with Gasteiger partial charge in [-0.15, -0.1) is 0 Å². The molecule has 2 aromatic rings. The number of rotatable bonds is 6. The summed E-state index contributed by atoms with van der Waals surface area (Å²) >= 11 is 0. The zero-order chi connectivity index (χ0) is 21.1. The summed E-state index contributed by atoms with van der Waals surface area (Å²) in [5, 5.41) is 9.47. The molecule has 0 saturated carbocycles. The van der Waals surface area contributed by atoms with Gasteiger partial charge in [0.2, 0.25) is 0 Å². The van der Waals surface area contributed by atoms with Crippen LogP contribution in [0.25, 0.3) is 0 Å². The number of carboxylic acids is 1. The molecule has 0 bridgehead atoms. The van der Waals surface area contributed by atoms with E-state index in [9.17, 15) is 14.7 Å². The van der Waals surface area contributed by atoms with Gasteiger partial charge >= 0.3 is 5.97 Å². The number of benzene rings is 2. The Bertz CT molecular complexity index is 938. The van der Waals surface area contributed by atoms with E-state index in [0.29, 0.717) is 5.69 Å². The Morgan fingerprint density at radius 3 is 2.48 bits per heavy atom. The smallest absolute Gasteiger partial charge is 0.323 e. The molecule has 0 aromatic heterocycles. The van der Waals surface area contributed by atoms with Crippen LogP contribution in [0.4, 0.5) is 11.4 Å². The Morgan fingerprint density at radius 1 is 1.21 bits per heavy atom. The van der Waals surface area contributed by atoms with E-state index in [2.05, 4.69) is 0 Å². The van der Waals surface area contributed by atoms with E-state index in [-0.39, 0.29) is 11.8 Å². The summed E-state index contributed by atoms with van der Waals surface area (Å²) in [7, 11) is 3.89. The normalized spacial score (nSPS) is 17.2. The van der Waals surface area contributed by atoms with Crippen LogP contribution in [-0.2, 0) is 9.59 Å². The van der Waals surface area contributed by atoms with Crippen molar-refractivity contribution in [3.05, 3.63) is 59.7 Å². The van der Waals surface area contributed by atoms with Crippen molar-refractivity contribution in [3.63, 3.8) is 0 Å². The Morgan fingerprint density at radius 2 is 1.90 bits per heavy atom. The third-order valence-electron chi connectivity index (χ3n) is 5.35. The molecule has 1 amide bonds. The second kappa shape index (κ2) is 8.47. The molecule has 0 unspecified atom stereocenters. The molecule has 3 rings (SSSR count). The molecule has 29 heavy (non-hydrogen) atoms. The van der Waals surface area contributed by atoms with Gasteiger partial charge in [-0.3, -0.25) is 19.5 Å². The number of fused-ring (bicyclic) bond motifs is 1. The third kappa shape index (κ3) is 4.16. The van der Waals surface area contributed by atoms with Crippen LogP contribution >= 0.6 is 0 Å². The number of hydrogen-bond acceptors (Lipinski definition) is 4. The van der Waals surface area contributed by atoms with Gasteiger partial charge in [-0.1, -0.05) is 50.6 Å². The lowest BCUT2D eigenvalue weighted by Crippen LogP contribution is -2.43. The van der Waals surface area contributed by atoms with E-state index in [0.717, 1.165) is 28.9 Å². The fraction of sp³-hybridized carbons (Fsp3) is 0.348. The minimum atomic E-state index is -1.05. The van der Waals surface area contributed by atoms with Crippen LogP contribution < -0.4 is 9.80 Å². The van der Waals surface area contributed by atoms with Crippen molar-refractivity contribution in [2.24, 2.45) is 10.9 Å². The van der Waals surface area contributed by atoms with Crippen molar-refractivity contribution in [2.75, 3.05) is 30.4 Å². The number of aliphatic carboxylic acids is 1. The van der Waals surface area contributed by atoms with Gasteiger partial charge in [0.25, 0.3) is 5.91 Å². The minimum Gasteiger partial charge on any atom is -0.480 e. The van der Waals surface area contributed by atoms with E-state index in [1.54, 1.807) is 0 Å². The summed E-state index contributed by atoms with van der Waals surface area (Å²) in [6.07, 6.45) is 0.766. The summed E-state index contributed by atoms with van der Waals surface area (Å²) in [6, 6.07) is 14.8. The van der Waals surface area contributed by atoms with Gasteiger partial charge in [-0.25, -0.2) is 0 Å². The first kappa shape index (κ1) is 20.6. The van der Waals surface area contributed by atoms with Gasteiger partial charge < -0.3 is 10.0 Å². The standard InChI is InChI=1S/C23H27N3O3/c1-5-15(2)21-23(29)26(14-20(27)28)19-12-11-17(25(3)4)13-18(19)22(24-21)16-9-7-6-8-10-16/h6-13,15,21H,5,14H2,1-4H3,(H,27,28)/t15-,21-/m0/s1. The molecule has 0 saturated heterocycles. The Kier molecular flexibility index (Phi) is 6.01. The van der Waals surface area contributed by atoms with E-state index in [1.807, 2.05) is 81.4 Å². The Balaban J connectivity index is 2.30. The van der Waals surface area contributed by atoms with Crippen LogP contribution in [0.1, 0.15) is 31.4 Å². The van der Waals surface area contributed by atoms with Crippen molar-refractivity contribution < 1.29 is 14.7 Å². The number of benzodiazepines with no additional fused rings is 1. The van der Waals surface area contributed by atoms with Crippen LogP contribution in [0.3, 0.4) is 0 Å². The first-order chi connectivity index (χ1) is 13.8. The van der Waals surface area contributed by atoms with Crippen molar-refractivity contribution in [1.82, 2.24) is 0 Å². The third-order valence-corrected chi connectivity index (χ3v) is 5.35. The van der Waals surface area contributed by atoms with E-state index >= 15 is 0 Å². The highest BCUT2D eigenvalue weighted by Gasteiger charge is 2.35. The molecule has 2 aromatic carbocycles. The lowest BCUT2D eigenvalue weighted by Gasteiger charge is -2.26. The largest absolute Gasteiger partial charge is 0.480 e. The average molecular weight is 393 g/mol. The highest BCUT2D eigenvalue weighted by Crippen LogP contribution is 2.33. The molecule has 6 heteroatoms. The molecule has 1 aliphatic rings. The zero-order valence-electron chi connectivity index (χ0n) is 17.3. The second-order valence-electron chi connectivity index (χ2n) is 7.59. The quantitative estimate of drug-likeness (QED) is 0.816. The SMILES string of the molecule is CC[C@H](C)[C@@H]1N=C(c2ccccc2)c2cc(N(C)C)ccc2N(CC(=O)O)C1=O. The maximum atomic E-state index is 13.4. The monoisotopic (exact) mass is 393 g/mol. The Labute approximate surface area is 171 Å². The number of carboxylic acid groups (broad SMARTS) is 1. The number of aliphatic imine (C=N–C) groups is 1. The first-order valence-corrected chi connectivity index (χ1v) is 9.81. The van der Waals surface area contributed by atoms with Crippen LogP contribution in [0.15, 0.2) is 53.5 Å². The lowest BCUT2D eigenvalue weighted by molar-refractivity contribution is -0.136. The average Bonchev–Trinajstić information content (AvgIpc) is 2.83. The van der Waals surface area contributed by atoms with Crippen LogP contribution in [0.2, 0.25) is 0 Å². The highest BCUT2D eigenvalue weighted by molar-refractivity contribution is 6.21. The van der Waals surface area contributed by atoms with Crippen molar-refractivity contribution in [3.8, 4) is 0 Å². The van der Waals surface area contributed by atoms with Gasteiger partial charge in [0, 0.05) is 30.9 Å². The van der Waals surface area contributed by atoms with Crippen LogP contribution in [0, 0.1) is 5.92 Å². The number of hydrogen-bond donors (Lipinski definition) is 1. The number of carbonyl (C=O) groups excluding carboxylic acids is 1. The second-order valence-corrected chi connectivity index (χ2v) is 7.59. The summed E-state index contributed by atoms with van der Waals surface area (Å²) in [4.78, 5) is 33.2. The molecular weight excluding hydrogens is 366 g/mol. The molecule has 1 heterocycles. The summed E-state index contributed by atoms with van der Waals surface area (Å²) < 4.78 is 0. The maximum Gasteiger partial charge on any atom is 0.323 e. The molecule has 6 nitrogen and oxygen atoms in total. The number of anilines is 2. The first-order valence-electron chi connectivity index (χ1n) is 9.81. The van der Waals surface area contributed by atoms with Gasteiger partial charge in [0.1, 0.15) is 12.6 Å². The summed E-state index contributed by atoms with van der Waals surface area (Å²) in [5.41, 5.74) is 3.93. The molecule has 1 aliphatic heterocycles. The number of nitrogens with zero attached hydrogens (tertiary/aromatic N) is 3. The predicted octanol–water partition coefficient (Wildman–Crippen LogP) is 3.44. The molecule has 152 valence electrons. The zero-order valence-corrected chi connectivity index (χ0v) is 17.3. The minimum absolute atomic E-state index is 0.0138. The van der Waals surface area contributed by atoms with Crippen LogP contribution in [0.5, 0.6) is 0 Å². The maximum absolute atomic E-state index is 13.4. The number of amides is 1. The van der Waals surface area contributed by atoms with E-state index < -0.39 is 18.6 Å². The van der Waals surface area contributed by atoms with Gasteiger partial charge in [0.05, 0.1) is 11.4 Å². The van der Waals surface area contributed by atoms with E-state index in [4.69, 9.17) is 4.99 Å². The molecule has 1 N–H and O–H groups in total. The van der Waals surface area contributed by atoms with Gasteiger partial charge in [0.15, 0.2) is 0 Å². The van der Waals surface area contributed by atoms with Crippen molar-refractivity contribution in [2.45, 2.75) is 26.3 Å². The summed E-state index contributed by atoms with van der Waals surface area (Å²) in [6.45, 7) is 3.60. The lowest BCUT2D eigenvalue weighted by atomic mass is 9.97. The molecular formula is C23H27N3O3. The fourth-order valence-corrected chi connectivity index (χ4v) is 3.49. The number of carbonyl (C=O) groups is 2. The highest BCUT2D eigenvalue weighted by atomic mass is 16.4. The molecule has 0 spiro atoms. The van der Waals surface area contributed by atoms with Crippen molar-refractivity contribution >= 4 is 29.0 Å². The molecule has 0 fully saturated rings. The van der Waals surface area contributed by atoms with Crippen LogP contribution in [-0.4, -0.2) is 49.4 Å². The molecule has 0 radical (unpaired) electrons. The molecule has 0 aliphatic carbocycles. The van der Waals surface area contributed by atoms with Crippen molar-refractivity contribution in [1.29, 1.82) is 0 Å². The van der Waals surface area contributed by atoms with Gasteiger partial charge in [-0.2, -0.15) is 0 Å².